The first-order chi connectivity index (χ1) is 30.2. The molecule has 6 rings (SSSR count). The van der Waals surface area contributed by atoms with Gasteiger partial charge in [-0.25, -0.2) is 0 Å². The van der Waals surface area contributed by atoms with Crippen LogP contribution in [0.5, 0.6) is 11.5 Å². The van der Waals surface area contributed by atoms with Crippen molar-refractivity contribution in [3.8, 4) is 22.6 Å². The SMILES string of the molecule is CC(C)CCOc1ccc2ccccc2c1-c1c(OCc2cn(C[C@@H](CCCCN)NC(=O)[C@@H](CCCN=C(N)N)NC(=O)CCc3ccccc3)nn2)ccc2ccccc12.Cl.Cl. The van der Waals surface area contributed by atoms with Crippen LogP contribution in [-0.4, -0.2) is 64.5 Å². The minimum atomic E-state index is -0.775. The van der Waals surface area contributed by atoms with Crippen molar-refractivity contribution in [1.29, 1.82) is 0 Å². The summed E-state index contributed by atoms with van der Waals surface area (Å²) in [6, 6.07) is 33.6. The largest absolute Gasteiger partial charge is 0.493 e. The first-order valence-corrected chi connectivity index (χ1v) is 21.8. The molecule has 1 aromatic heterocycles. The molecule has 8 N–H and O–H groups in total. The van der Waals surface area contributed by atoms with Crippen LogP contribution in [0.2, 0.25) is 0 Å². The zero-order chi connectivity index (χ0) is 43.7. The molecule has 0 aliphatic heterocycles. The minimum absolute atomic E-state index is 0. The monoisotopic (exact) mass is 911 g/mol. The van der Waals surface area contributed by atoms with Crippen LogP contribution in [-0.2, 0) is 29.2 Å². The van der Waals surface area contributed by atoms with Gasteiger partial charge in [0.2, 0.25) is 11.8 Å². The van der Waals surface area contributed by atoms with Crippen LogP contribution < -0.4 is 37.3 Å². The summed E-state index contributed by atoms with van der Waals surface area (Å²) in [5.41, 5.74) is 20.5. The fourth-order valence-electron chi connectivity index (χ4n) is 7.52. The van der Waals surface area contributed by atoms with Crippen molar-refractivity contribution in [1.82, 2.24) is 25.6 Å². The van der Waals surface area contributed by atoms with E-state index in [4.69, 9.17) is 26.7 Å². The van der Waals surface area contributed by atoms with E-state index in [0.717, 1.165) is 63.2 Å². The zero-order valence-electron chi connectivity index (χ0n) is 36.8. The molecule has 2 atom stereocenters. The maximum Gasteiger partial charge on any atom is 0.242 e. The summed E-state index contributed by atoms with van der Waals surface area (Å²) in [6.45, 7) is 6.40. The number of hydrogen-bond acceptors (Lipinski definition) is 8. The number of ether oxygens (including phenoxy) is 2. The Kier molecular flexibility index (Phi) is 20.6. The van der Waals surface area contributed by atoms with Gasteiger partial charge < -0.3 is 37.3 Å². The molecule has 0 saturated heterocycles. The van der Waals surface area contributed by atoms with E-state index in [9.17, 15) is 9.59 Å². The number of guanidine groups is 1. The molecule has 0 aliphatic carbocycles. The number of nitrogens with two attached hydrogens (primary N) is 3. The number of benzene rings is 5. The lowest BCUT2D eigenvalue weighted by Gasteiger charge is -2.23. The molecule has 2 amide bonds. The molecule has 0 aliphatic rings. The lowest BCUT2D eigenvalue weighted by atomic mass is 9.92. The number of halogens is 2. The molecule has 0 bridgehead atoms. The molecular formula is C49H63Cl2N9O4. The van der Waals surface area contributed by atoms with E-state index < -0.39 is 6.04 Å². The summed E-state index contributed by atoms with van der Waals surface area (Å²) in [6.07, 6.45) is 6.72. The van der Waals surface area contributed by atoms with Crippen LogP contribution in [0.4, 0.5) is 0 Å². The fraction of sp³-hybridized carbons (Fsp3) is 0.367. The van der Waals surface area contributed by atoms with E-state index >= 15 is 0 Å². The van der Waals surface area contributed by atoms with Crippen molar-refractivity contribution in [2.24, 2.45) is 28.1 Å². The van der Waals surface area contributed by atoms with Gasteiger partial charge in [0.1, 0.15) is 29.8 Å². The Balaban J connectivity index is 0.00000449. The Bertz CT molecular complexity index is 2410. The summed E-state index contributed by atoms with van der Waals surface area (Å²) in [5.74, 6) is 1.51. The van der Waals surface area contributed by atoms with Gasteiger partial charge in [-0.15, -0.1) is 29.9 Å². The summed E-state index contributed by atoms with van der Waals surface area (Å²) in [5, 5.41) is 19.4. The number of nitrogens with one attached hydrogen (secondary N) is 2. The van der Waals surface area contributed by atoms with Crippen molar-refractivity contribution < 1.29 is 19.1 Å². The molecule has 0 fully saturated rings. The highest BCUT2D eigenvalue weighted by Crippen LogP contribution is 2.45. The van der Waals surface area contributed by atoms with E-state index in [1.165, 1.54) is 0 Å². The molecule has 0 spiro atoms. The number of amides is 2. The summed E-state index contributed by atoms with van der Waals surface area (Å²) >= 11 is 0. The number of rotatable bonds is 24. The van der Waals surface area contributed by atoms with Crippen LogP contribution in [0.15, 0.2) is 114 Å². The highest BCUT2D eigenvalue weighted by Gasteiger charge is 2.24. The number of fused-ring (bicyclic) bond motifs is 2. The third kappa shape index (κ3) is 14.9. The second-order valence-corrected chi connectivity index (χ2v) is 16.1. The molecule has 0 saturated carbocycles. The van der Waals surface area contributed by atoms with Gasteiger partial charge in [0.15, 0.2) is 5.96 Å². The van der Waals surface area contributed by atoms with Crippen LogP contribution in [0.1, 0.15) is 70.1 Å². The number of aromatic nitrogens is 3. The highest BCUT2D eigenvalue weighted by atomic mass is 35.5. The Hall–Kier alpha value is -5.89. The van der Waals surface area contributed by atoms with Crippen LogP contribution >= 0.6 is 24.8 Å². The smallest absolute Gasteiger partial charge is 0.242 e. The number of hydrogen-bond donors (Lipinski definition) is 5. The number of aliphatic imine (C=N–C) groups is 1. The first kappa shape index (κ1) is 50.8. The van der Waals surface area contributed by atoms with Gasteiger partial charge in [0.25, 0.3) is 0 Å². The molecule has 1 heterocycles. The van der Waals surface area contributed by atoms with E-state index in [1.807, 2.05) is 60.8 Å². The molecule has 0 radical (unpaired) electrons. The average molecular weight is 913 g/mol. The fourth-order valence-corrected chi connectivity index (χ4v) is 7.52. The van der Waals surface area contributed by atoms with Crippen LogP contribution in [0, 0.1) is 5.92 Å². The summed E-state index contributed by atoms with van der Waals surface area (Å²) < 4.78 is 14.9. The molecule has 342 valence electrons. The lowest BCUT2D eigenvalue weighted by Crippen LogP contribution is -2.50. The van der Waals surface area contributed by atoms with Crippen LogP contribution in [0.25, 0.3) is 32.7 Å². The topological polar surface area (TPSA) is 198 Å². The maximum absolute atomic E-state index is 13.9. The van der Waals surface area contributed by atoms with Gasteiger partial charge in [-0.05, 0) is 90.2 Å². The van der Waals surface area contributed by atoms with Gasteiger partial charge in [-0.3, -0.25) is 19.3 Å². The molecule has 15 heteroatoms. The molecular weight excluding hydrogens is 850 g/mol. The Morgan fingerprint density at radius 1 is 0.750 bits per heavy atom. The number of carbonyl (C=O) groups excluding carboxylic acids is 2. The van der Waals surface area contributed by atoms with Crippen molar-refractivity contribution in [3.05, 3.63) is 121 Å². The first-order valence-electron chi connectivity index (χ1n) is 21.8. The highest BCUT2D eigenvalue weighted by molar-refractivity contribution is 6.09. The lowest BCUT2D eigenvalue weighted by molar-refractivity contribution is -0.129. The number of carbonyl (C=O) groups is 2. The molecule has 64 heavy (non-hydrogen) atoms. The second-order valence-electron chi connectivity index (χ2n) is 16.1. The predicted octanol–water partition coefficient (Wildman–Crippen LogP) is 7.88. The minimum Gasteiger partial charge on any atom is -0.493 e. The van der Waals surface area contributed by atoms with Crippen molar-refractivity contribution >= 4 is 64.1 Å². The predicted molar refractivity (Wildman–Crippen MR) is 262 cm³/mol. The van der Waals surface area contributed by atoms with Gasteiger partial charge in [-0.2, -0.15) is 0 Å². The molecule has 6 aromatic rings. The number of unbranched alkanes of at least 4 members (excludes halogenated alkanes) is 1. The third-order valence-electron chi connectivity index (χ3n) is 10.8. The Morgan fingerprint density at radius 2 is 1.39 bits per heavy atom. The van der Waals surface area contributed by atoms with Crippen molar-refractivity contribution in [2.75, 3.05) is 19.7 Å². The summed E-state index contributed by atoms with van der Waals surface area (Å²) in [4.78, 5) is 31.1. The van der Waals surface area contributed by atoms with E-state index in [2.05, 4.69) is 88.3 Å². The van der Waals surface area contributed by atoms with E-state index in [1.54, 1.807) is 4.68 Å². The normalized spacial score (nSPS) is 11.9. The second kappa shape index (κ2) is 26.0. The standard InChI is InChI=1S/C49H61N9O4.2ClH/c1-34(2)27-30-61-43-24-22-36-15-6-8-18-40(36)46(43)47-41-19-9-7-16-37(41)23-25-44(47)62-33-39-32-58(57-56-39)31-38(17-10-11-28-50)54-48(60)42(20-12-29-53-49(51)52)55-45(59)26-21-35-13-4-3-5-14-35;;/h3-9,13-16,18-19,22-25,32,34,38,42H,10-12,17,20-21,26-31,33,50H2,1-2H3,(H,54,60)(H,55,59)(H4,51,52,53);2*1H/t38-,42-;;/m1../s1. The molecule has 13 nitrogen and oxygen atoms in total. The van der Waals surface area contributed by atoms with Gasteiger partial charge >= 0.3 is 0 Å². The molecule has 5 aromatic carbocycles. The third-order valence-corrected chi connectivity index (χ3v) is 10.8. The number of aryl methyl sites for hydroxylation is 1. The summed E-state index contributed by atoms with van der Waals surface area (Å²) in [7, 11) is 0. The Morgan fingerprint density at radius 3 is 2.03 bits per heavy atom. The van der Waals surface area contributed by atoms with Crippen molar-refractivity contribution in [2.45, 2.75) is 90.4 Å². The van der Waals surface area contributed by atoms with E-state index in [0.29, 0.717) is 69.3 Å². The number of nitrogens with zero attached hydrogens (tertiary/aromatic N) is 4. The van der Waals surface area contributed by atoms with E-state index in [-0.39, 0.29) is 61.7 Å². The van der Waals surface area contributed by atoms with Crippen molar-refractivity contribution in [3.63, 3.8) is 0 Å². The average Bonchev–Trinajstić information content (AvgIpc) is 3.72. The quantitative estimate of drug-likeness (QED) is 0.0228. The van der Waals surface area contributed by atoms with Gasteiger partial charge in [0.05, 0.1) is 19.3 Å². The van der Waals surface area contributed by atoms with Gasteiger partial charge in [0, 0.05) is 30.1 Å². The molecule has 0 unspecified atom stereocenters. The Labute approximate surface area is 388 Å². The van der Waals surface area contributed by atoms with Crippen LogP contribution in [0.3, 0.4) is 0 Å². The van der Waals surface area contributed by atoms with Gasteiger partial charge in [-0.1, -0.05) is 116 Å². The zero-order valence-corrected chi connectivity index (χ0v) is 38.4. The maximum atomic E-state index is 13.9.